The van der Waals surface area contributed by atoms with Gasteiger partial charge in [0.25, 0.3) is 0 Å². The fourth-order valence-corrected chi connectivity index (χ4v) is 6.41. The van der Waals surface area contributed by atoms with Gasteiger partial charge in [0.05, 0.1) is 0 Å². The zero-order valence-electron chi connectivity index (χ0n) is 17.9. The van der Waals surface area contributed by atoms with Crippen molar-refractivity contribution >= 4 is 32.9 Å². The lowest BCUT2D eigenvalue weighted by atomic mass is 9.88. The minimum absolute atomic E-state index is 0.789. The molecule has 4 aromatic rings. The molecule has 2 fully saturated rings. The quantitative estimate of drug-likeness (QED) is 0.354. The second-order valence-electron chi connectivity index (χ2n) is 9.48. The van der Waals surface area contributed by atoms with E-state index >= 15 is 0 Å². The molecule has 0 spiro atoms. The van der Waals surface area contributed by atoms with Gasteiger partial charge in [-0.05, 0) is 65.8 Å². The van der Waals surface area contributed by atoms with Crippen molar-refractivity contribution in [3.8, 4) is 0 Å². The van der Waals surface area contributed by atoms with Crippen LogP contribution in [0, 0.1) is 23.7 Å². The van der Waals surface area contributed by atoms with E-state index in [1.165, 1.54) is 52.2 Å². The van der Waals surface area contributed by atoms with E-state index in [2.05, 4.69) is 95.6 Å². The Morgan fingerprint density at radius 2 is 1.19 bits per heavy atom. The molecule has 0 saturated heterocycles. The summed E-state index contributed by atoms with van der Waals surface area (Å²) in [5.74, 6) is 3.32. The molecule has 4 unspecified atom stereocenters. The third-order valence-corrected chi connectivity index (χ3v) is 7.90. The first kappa shape index (κ1) is 18.7. The van der Waals surface area contributed by atoms with Crippen LogP contribution < -0.4 is 10.6 Å². The first-order valence-corrected chi connectivity index (χ1v) is 11.8. The molecular formula is C29H30N2. The molecule has 2 aliphatic rings. The molecule has 2 heteroatoms. The van der Waals surface area contributed by atoms with E-state index in [0.29, 0.717) is 0 Å². The van der Waals surface area contributed by atoms with Gasteiger partial charge in [-0.1, -0.05) is 72.8 Å². The summed E-state index contributed by atoms with van der Waals surface area (Å²) in [6.07, 6.45) is 4.19. The first-order chi connectivity index (χ1) is 15.4. The van der Waals surface area contributed by atoms with Gasteiger partial charge >= 0.3 is 0 Å². The van der Waals surface area contributed by atoms with E-state index in [4.69, 9.17) is 0 Å². The third-order valence-electron chi connectivity index (χ3n) is 7.90. The van der Waals surface area contributed by atoms with Crippen LogP contribution in [0.2, 0.25) is 0 Å². The molecule has 2 N–H and O–H groups in total. The van der Waals surface area contributed by atoms with Gasteiger partial charge < -0.3 is 10.6 Å². The summed E-state index contributed by atoms with van der Waals surface area (Å²) in [4.78, 5) is 0. The summed E-state index contributed by atoms with van der Waals surface area (Å²) < 4.78 is 0. The predicted molar refractivity (Wildman–Crippen MR) is 133 cm³/mol. The molecule has 0 aliphatic heterocycles. The lowest BCUT2D eigenvalue weighted by Gasteiger charge is -2.24. The molecule has 4 aromatic carbocycles. The molecular weight excluding hydrogens is 376 g/mol. The van der Waals surface area contributed by atoms with Crippen molar-refractivity contribution in [1.29, 1.82) is 0 Å². The summed E-state index contributed by atoms with van der Waals surface area (Å²) in [7, 11) is 0. The number of benzene rings is 4. The summed E-state index contributed by atoms with van der Waals surface area (Å²) in [6, 6.07) is 30.6. The van der Waals surface area contributed by atoms with Gasteiger partial charge in [0.2, 0.25) is 0 Å². The SMILES string of the molecule is c1ccc2c(NCC3CC4CCC3C4CNc3cccc4ccccc34)cccc2c1. The Labute approximate surface area is 184 Å². The van der Waals surface area contributed by atoms with Crippen molar-refractivity contribution < 1.29 is 0 Å². The number of nitrogens with one attached hydrogen (secondary N) is 2. The van der Waals surface area contributed by atoms with Crippen molar-refractivity contribution in [2.45, 2.75) is 19.3 Å². The van der Waals surface area contributed by atoms with Crippen molar-refractivity contribution in [2.24, 2.45) is 23.7 Å². The Morgan fingerprint density at radius 1 is 0.613 bits per heavy atom. The second kappa shape index (κ2) is 7.92. The van der Waals surface area contributed by atoms with Crippen LogP contribution in [-0.2, 0) is 0 Å². The topological polar surface area (TPSA) is 24.1 Å². The van der Waals surface area contributed by atoms with Crippen molar-refractivity contribution in [1.82, 2.24) is 0 Å². The molecule has 0 amide bonds. The standard InChI is InChI=1S/C29H30N2/c1-3-11-25-20(7-1)9-5-13-28(25)30-18-23-17-22-15-16-24(23)27(22)19-31-29-14-6-10-21-8-2-4-12-26(21)29/h1-14,22-24,27,30-31H,15-19H2. The highest BCUT2D eigenvalue weighted by Gasteiger charge is 2.47. The minimum atomic E-state index is 0.789. The number of hydrogen-bond donors (Lipinski definition) is 2. The predicted octanol–water partition coefficient (Wildman–Crippen LogP) is 7.18. The normalized spacial score (nSPS) is 24.6. The van der Waals surface area contributed by atoms with E-state index < -0.39 is 0 Å². The lowest BCUT2D eigenvalue weighted by Crippen LogP contribution is -2.24. The van der Waals surface area contributed by atoms with Crippen LogP contribution in [0.15, 0.2) is 84.9 Å². The number of rotatable bonds is 6. The highest BCUT2D eigenvalue weighted by molar-refractivity contribution is 5.94. The van der Waals surface area contributed by atoms with Crippen molar-refractivity contribution in [2.75, 3.05) is 23.7 Å². The minimum Gasteiger partial charge on any atom is -0.384 e. The Kier molecular flexibility index (Phi) is 4.79. The molecule has 2 bridgehead atoms. The number of hydrogen-bond acceptors (Lipinski definition) is 2. The van der Waals surface area contributed by atoms with Gasteiger partial charge in [-0.15, -0.1) is 0 Å². The summed E-state index contributed by atoms with van der Waals surface area (Å²) in [5.41, 5.74) is 2.57. The van der Waals surface area contributed by atoms with Crippen LogP contribution in [0.3, 0.4) is 0 Å². The van der Waals surface area contributed by atoms with E-state index in [-0.39, 0.29) is 0 Å². The zero-order chi connectivity index (χ0) is 20.6. The summed E-state index contributed by atoms with van der Waals surface area (Å²) in [6.45, 7) is 2.20. The molecule has 2 aliphatic carbocycles. The molecule has 0 heterocycles. The fraction of sp³-hybridized carbons (Fsp3) is 0.310. The smallest absolute Gasteiger partial charge is 0.0419 e. The average molecular weight is 407 g/mol. The maximum absolute atomic E-state index is 3.83. The first-order valence-electron chi connectivity index (χ1n) is 11.8. The molecule has 4 atom stereocenters. The molecule has 31 heavy (non-hydrogen) atoms. The van der Waals surface area contributed by atoms with Gasteiger partial charge in [0.1, 0.15) is 0 Å². The van der Waals surface area contributed by atoms with Crippen LogP contribution in [0.25, 0.3) is 21.5 Å². The van der Waals surface area contributed by atoms with E-state index in [1.807, 2.05) is 0 Å². The van der Waals surface area contributed by atoms with Crippen LogP contribution in [0.4, 0.5) is 11.4 Å². The van der Waals surface area contributed by atoms with Gasteiger partial charge in [0.15, 0.2) is 0 Å². The van der Waals surface area contributed by atoms with Crippen LogP contribution in [0.5, 0.6) is 0 Å². The van der Waals surface area contributed by atoms with Crippen LogP contribution in [-0.4, -0.2) is 13.1 Å². The molecule has 2 nitrogen and oxygen atoms in total. The maximum atomic E-state index is 3.83. The van der Waals surface area contributed by atoms with Crippen LogP contribution >= 0.6 is 0 Å². The van der Waals surface area contributed by atoms with Crippen molar-refractivity contribution in [3.63, 3.8) is 0 Å². The second-order valence-corrected chi connectivity index (χ2v) is 9.48. The lowest BCUT2D eigenvalue weighted by molar-refractivity contribution is 0.335. The summed E-state index contributed by atoms with van der Waals surface area (Å²) in [5, 5.41) is 12.9. The summed E-state index contributed by atoms with van der Waals surface area (Å²) >= 11 is 0. The average Bonchev–Trinajstić information content (AvgIpc) is 3.38. The van der Waals surface area contributed by atoms with E-state index in [0.717, 1.165) is 36.8 Å². The Balaban J connectivity index is 1.14. The Bertz CT molecular complexity index is 1200. The monoisotopic (exact) mass is 406 g/mol. The molecule has 156 valence electrons. The zero-order valence-corrected chi connectivity index (χ0v) is 17.9. The Morgan fingerprint density at radius 3 is 1.87 bits per heavy atom. The largest absolute Gasteiger partial charge is 0.384 e. The number of fused-ring (bicyclic) bond motifs is 4. The molecule has 0 radical (unpaired) electrons. The van der Waals surface area contributed by atoms with Crippen LogP contribution in [0.1, 0.15) is 19.3 Å². The van der Waals surface area contributed by atoms with Gasteiger partial charge in [0, 0.05) is 35.2 Å². The Hall–Kier alpha value is -3.00. The highest BCUT2D eigenvalue weighted by atomic mass is 14.9. The fourth-order valence-electron chi connectivity index (χ4n) is 6.41. The van der Waals surface area contributed by atoms with E-state index in [1.54, 1.807) is 0 Å². The van der Waals surface area contributed by atoms with Gasteiger partial charge in [-0.25, -0.2) is 0 Å². The molecule has 0 aromatic heterocycles. The maximum Gasteiger partial charge on any atom is 0.0419 e. The molecule has 6 rings (SSSR count). The van der Waals surface area contributed by atoms with E-state index in [9.17, 15) is 0 Å². The third kappa shape index (κ3) is 3.44. The van der Waals surface area contributed by atoms with Gasteiger partial charge in [-0.3, -0.25) is 0 Å². The van der Waals surface area contributed by atoms with Crippen molar-refractivity contribution in [3.05, 3.63) is 84.9 Å². The molecule has 2 saturated carbocycles. The number of anilines is 2. The van der Waals surface area contributed by atoms with Gasteiger partial charge in [-0.2, -0.15) is 0 Å². The highest BCUT2D eigenvalue weighted by Crippen LogP contribution is 2.52.